The van der Waals surface area contributed by atoms with Crippen LogP contribution in [0, 0.1) is 73.9 Å². The molecule has 12 aliphatic rings. The summed E-state index contributed by atoms with van der Waals surface area (Å²) < 4.78 is 13.3. The molecule has 4 aromatic carbocycles. The van der Waals surface area contributed by atoms with Crippen LogP contribution in [0.15, 0.2) is 103 Å². The summed E-state index contributed by atoms with van der Waals surface area (Å²) in [5, 5.41) is 46.8. The van der Waals surface area contributed by atoms with Gasteiger partial charge < -0.3 is 24.8 Å². The first kappa shape index (κ1) is 59.0. The Balaban J connectivity index is 0.859. The van der Waals surface area contributed by atoms with Crippen LogP contribution in [-0.4, -0.2) is 68.8 Å². The molecule has 0 radical (unpaired) electrons. The Kier molecular flexibility index (Phi) is 14.6. The van der Waals surface area contributed by atoms with Gasteiger partial charge in [-0.05, 0) is 237 Å². The van der Waals surface area contributed by atoms with Gasteiger partial charge >= 0.3 is 11.9 Å². The van der Waals surface area contributed by atoms with Crippen LogP contribution in [0.3, 0.4) is 0 Å². The quantitative estimate of drug-likeness (QED) is 0.0946. The summed E-state index contributed by atoms with van der Waals surface area (Å²) in [7, 11) is 4.06. The van der Waals surface area contributed by atoms with E-state index in [0.29, 0.717) is 68.1 Å². The van der Waals surface area contributed by atoms with Crippen molar-refractivity contribution in [2.24, 2.45) is 62.1 Å². The number of hydrogen-bond acceptors (Lipinski definition) is 9. The average Bonchev–Trinajstić information content (AvgIpc) is 1.01. The molecule has 0 unspecified atom stereocenters. The molecule has 4 aliphatic heterocycles. The molecule has 3 N–H and O–H groups in total. The van der Waals surface area contributed by atoms with E-state index in [4.69, 9.17) is 9.47 Å². The summed E-state index contributed by atoms with van der Waals surface area (Å²) >= 11 is 0. The van der Waals surface area contributed by atoms with E-state index in [-0.39, 0.29) is 58.3 Å². The highest BCUT2D eigenvalue weighted by Gasteiger charge is 2.79. The Morgan fingerprint density at radius 3 is 2.27 bits per heavy atom. The van der Waals surface area contributed by atoms with Crippen molar-refractivity contribution in [1.29, 1.82) is 0 Å². The molecule has 6 saturated carbocycles. The topological polar surface area (TPSA) is 113 Å². The molecule has 0 aromatic heterocycles. The third-order valence-electron chi connectivity index (χ3n) is 28.5. The SMILES string of the molecule is C[C@]12CC[C@H](SSC[C@@H](Cc3ccccc3)C1)[C@@H]1CCCC[C@]13CC#C[C@@]1(C)C[C@@H](OC3=O)[C@H]3[C@](C)([C@H]4CC[C@]56CC[C@@H]7C[C@]8(c9ccccc9)CCCC[C@@H]8c8ccc9cccc(c9c8[C@@H]75)[C@@H]6C4)CC[C@@H](O)[C@]3([C@@H](O)CC2)[C@@]1(O)CCC1=CC(=O)OC1. The molecule has 88 heavy (non-hydrogen) atoms. The van der Waals surface area contributed by atoms with Crippen molar-refractivity contribution in [3.63, 3.8) is 0 Å². The predicted molar refractivity (Wildman–Crippen MR) is 352 cm³/mol. The second-order valence-corrected chi connectivity index (χ2v) is 35.0. The molecule has 7 nitrogen and oxygen atoms in total. The number of esters is 2. The molecule has 466 valence electrons. The number of aliphatic hydroxyl groups is 3. The molecule has 8 aliphatic carbocycles. The predicted octanol–water partition coefficient (Wildman–Crippen LogP) is 16.8. The number of carbonyl (C=O) groups excluding carboxylic acids is 2. The zero-order chi connectivity index (χ0) is 60.1. The average molecular weight is 1220 g/mol. The van der Waals surface area contributed by atoms with E-state index in [0.717, 1.165) is 88.4 Å². The Bertz CT molecular complexity index is 3480. The molecule has 0 amide bonds. The first-order chi connectivity index (χ1) is 42.6. The van der Waals surface area contributed by atoms with E-state index in [1.807, 2.05) is 21.6 Å². The molecule has 16 rings (SSSR count). The molecule has 4 aromatic rings. The first-order valence-corrected chi connectivity index (χ1v) is 37.5. The Morgan fingerprint density at radius 2 is 1.47 bits per heavy atom. The van der Waals surface area contributed by atoms with Gasteiger partial charge in [0.2, 0.25) is 0 Å². The minimum absolute atomic E-state index is 0.0752. The molecule has 9 heteroatoms. The van der Waals surface area contributed by atoms with E-state index in [9.17, 15) is 15.0 Å². The van der Waals surface area contributed by atoms with Crippen molar-refractivity contribution < 1.29 is 34.4 Å². The van der Waals surface area contributed by atoms with Crippen LogP contribution >= 0.6 is 21.6 Å². The summed E-state index contributed by atoms with van der Waals surface area (Å²) in [4.78, 5) is 29.4. The summed E-state index contributed by atoms with van der Waals surface area (Å²) in [6.07, 6.45) is 21.7. The molecule has 20 atom stereocenters. The van der Waals surface area contributed by atoms with Crippen molar-refractivity contribution in [2.75, 3.05) is 12.4 Å². The third kappa shape index (κ3) is 8.67. The van der Waals surface area contributed by atoms with E-state index in [1.54, 1.807) is 28.2 Å². The van der Waals surface area contributed by atoms with E-state index < -0.39 is 51.5 Å². The molecule has 2 spiro atoms. The highest BCUT2D eigenvalue weighted by atomic mass is 33.1. The fraction of sp³-hybridized carbons (Fsp3) is 0.646. The lowest BCUT2D eigenvalue weighted by molar-refractivity contribution is -0.340. The van der Waals surface area contributed by atoms with Gasteiger partial charge in [0.1, 0.15) is 12.7 Å². The van der Waals surface area contributed by atoms with Crippen LogP contribution in [0.2, 0.25) is 0 Å². The highest BCUT2D eigenvalue weighted by Crippen LogP contribution is 2.78. The molecular weight excluding hydrogens is 1120 g/mol. The van der Waals surface area contributed by atoms with Gasteiger partial charge in [-0.1, -0.05) is 158 Å². The number of aliphatic hydroxyl groups excluding tert-OH is 2. The van der Waals surface area contributed by atoms with Crippen molar-refractivity contribution in [3.05, 3.63) is 130 Å². The second-order valence-electron chi connectivity index (χ2n) is 32.4. The minimum Gasteiger partial charge on any atom is -0.462 e. The molecule has 2 saturated heterocycles. The zero-order valence-electron chi connectivity index (χ0n) is 52.8. The molecule has 8 fully saturated rings. The first-order valence-electron chi connectivity index (χ1n) is 35.2. The maximum atomic E-state index is 16.6. The maximum Gasteiger partial charge on any atom is 0.331 e. The van der Waals surface area contributed by atoms with Crippen LogP contribution in [-0.2, 0) is 30.9 Å². The Hall–Kier alpha value is -4.04. The van der Waals surface area contributed by atoms with E-state index in [2.05, 4.69) is 124 Å². The fourth-order valence-electron chi connectivity index (χ4n) is 24.7. The standard InChI is InChI=1S/C79H96O7S2/c1-72-36-29-63(88-87-49-52(45-72)42-50-16-6-4-7-17-50)60-23-11-12-33-76(60)35-15-32-73(2)47-62(86-71(76)83)70-74(3,38-31-65(81)79(70,64(80)30-37-72)78(73,84)41-26-51-43-66(82)85-48-51)56-28-40-75-39-27-54-46-77(55-19-8-5-9-20-55)34-13-10-22-59(77)58-25-24-53-18-14-21-57(61(75)44-56)67(53)68(58)69(54)75/h4-9,14,16-21,24-25,43,52,54,56,59-65,69-70,80-81,84H,10-13,22-23,26-31,33-42,44-49H2,1-3H3/t52-,54+,56-,59+,60-,61-,62+,63-,64-,65+,69+,70-,72+,73-,74-,75-,76-,77-,78+,79-/m0/s1. The lowest BCUT2D eigenvalue weighted by Crippen LogP contribution is -2.79. The van der Waals surface area contributed by atoms with Gasteiger partial charge in [0.15, 0.2) is 0 Å². The minimum atomic E-state index is -1.77. The number of cyclic esters (lactones) is 1. The monoisotopic (exact) mass is 1220 g/mol. The third-order valence-corrected chi connectivity index (χ3v) is 31.6. The maximum absolute atomic E-state index is 16.6. The van der Waals surface area contributed by atoms with Gasteiger partial charge in [-0.3, -0.25) is 4.79 Å². The summed E-state index contributed by atoms with van der Waals surface area (Å²) in [6, 6.07) is 35.1. The largest absolute Gasteiger partial charge is 0.462 e. The van der Waals surface area contributed by atoms with Crippen molar-refractivity contribution in [2.45, 2.75) is 240 Å². The number of benzene rings is 4. The summed E-state index contributed by atoms with van der Waals surface area (Å²) in [5.41, 5.74) is 2.75. The smallest absolute Gasteiger partial charge is 0.331 e. The Morgan fingerprint density at radius 1 is 0.705 bits per heavy atom. The lowest BCUT2D eigenvalue weighted by atomic mass is 9.34. The molecule has 6 bridgehead atoms. The van der Waals surface area contributed by atoms with E-state index >= 15 is 9.90 Å². The van der Waals surface area contributed by atoms with Crippen LogP contribution in [0.4, 0.5) is 0 Å². The second kappa shape index (κ2) is 21.8. The van der Waals surface area contributed by atoms with Crippen LogP contribution in [0.1, 0.15) is 227 Å². The molecular formula is C79H96O7S2. The van der Waals surface area contributed by atoms with Crippen LogP contribution in [0.5, 0.6) is 0 Å². The van der Waals surface area contributed by atoms with Crippen molar-refractivity contribution >= 4 is 44.3 Å². The summed E-state index contributed by atoms with van der Waals surface area (Å²) in [5.74, 6) is 10.1. The zero-order valence-corrected chi connectivity index (χ0v) is 54.4. The van der Waals surface area contributed by atoms with Crippen molar-refractivity contribution in [1.82, 2.24) is 0 Å². The molecule has 4 heterocycles. The van der Waals surface area contributed by atoms with Gasteiger partial charge in [-0.2, -0.15) is 0 Å². The lowest BCUT2D eigenvalue weighted by Gasteiger charge is -2.72. The fourth-order valence-corrected chi connectivity index (χ4v) is 28.2. The normalized spacial score (nSPS) is 45.0. The Labute approximate surface area is 532 Å². The number of carbonyl (C=O) groups is 2. The van der Waals surface area contributed by atoms with E-state index in [1.165, 1.54) is 61.5 Å². The highest BCUT2D eigenvalue weighted by molar-refractivity contribution is 8.76. The van der Waals surface area contributed by atoms with Gasteiger partial charge in [-0.15, -0.1) is 5.92 Å². The van der Waals surface area contributed by atoms with Gasteiger partial charge in [-0.25, -0.2) is 4.79 Å². The number of ether oxygens (including phenoxy) is 2. The van der Waals surface area contributed by atoms with Crippen LogP contribution < -0.4 is 0 Å². The van der Waals surface area contributed by atoms with Gasteiger partial charge in [0, 0.05) is 41.3 Å². The number of rotatable bonds is 7. The van der Waals surface area contributed by atoms with Crippen molar-refractivity contribution in [3.8, 4) is 11.8 Å². The van der Waals surface area contributed by atoms with Gasteiger partial charge in [0.25, 0.3) is 0 Å². The summed E-state index contributed by atoms with van der Waals surface area (Å²) in [6.45, 7) is 7.25. The number of fused-ring (bicyclic) bond motifs is 9. The van der Waals surface area contributed by atoms with Crippen LogP contribution in [0.25, 0.3) is 10.8 Å². The van der Waals surface area contributed by atoms with Gasteiger partial charge in [0.05, 0.1) is 34.1 Å². The number of hydrogen-bond donors (Lipinski definition) is 3.